The first kappa shape index (κ1) is 21.4. The van der Waals surface area contributed by atoms with Gasteiger partial charge in [0, 0.05) is 12.6 Å². The number of guanidine groups is 1. The number of nitrogens with zero attached hydrogens (tertiary/aromatic N) is 2. The molecule has 158 valence electrons. The average Bonchev–Trinajstić information content (AvgIpc) is 2.94. The second kappa shape index (κ2) is 8.56. The SMILES string of the molecule is CN1C(=O)[C@](c2ccc(OC(F)F)cc2)(c2ccc(F)c(C=CCCF)c2)N=C1N. The van der Waals surface area contributed by atoms with Gasteiger partial charge in [0.1, 0.15) is 11.6 Å². The third kappa shape index (κ3) is 3.87. The monoisotopic (exact) mass is 421 g/mol. The highest BCUT2D eigenvalue weighted by Crippen LogP contribution is 2.40. The number of rotatable bonds is 7. The van der Waals surface area contributed by atoms with Gasteiger partial charge in [-0.2, -0.15) is 8.78 Å². The van der Waals surface area contributed by atoms with Gasteiger partial charge in [-0.15, -0.1) is 0 Å². The van der Waals surface area contributed by atoms with Crippen molar-refractivity contribution in [3.05, 3.63) is 71.0 Å². The molecule has 2 N–H and O–H groups in total. The Morgan fingerprint density at radius 1 is 1.20 bits per heavy atom. The van der Waals surface area contributed by atoms with Crippen LogP contribution in [0.25, 0.3) is 6.08 Å². The van der Waals surface area contributed by atoms with Crippen molar-refractivity contribution in [1.82, 2.24) is 4.90 Å². The molecule has 0 bridgehead atoms. The second-order valence-electron chi connectivity index (χ2n) is 6.56. The van der Waals surface area contributed by atoms with E-state index in [0.717, 1.165) is 4.90 Å². The molecule has 1 atom stereocenters. The number of hydrogen-bond donors (Lipinski definition) is 1. The number of amides is 1. The van der Waals surface area contributed by atoms with Gasteiger partial charge in [-0.25, -0.2) is 9.38 Å². The summed E-state index contributed by atoms with van der Waals surface area (Å²) >= 11 is 0. The van der Waals surface area contributed by atoms with Crippen LogP contribution in [0.5, 0.6) is 5.75 Å². The summed E-state index contributed by atoms with van der Waals surface area (Å²) in [5.41, 5.74) is 5.07. The lowest BCUT2D eigenvalue weighted by Gasteiger charge is -2.26. The van der Waals surface area contributed by atoms with E-state index in [1.165, 1.54) is 61.7 Å². The lowest BCUT2D eigenvalue weighted by atomic mass is 9.82. The van der Waals surface area contributed by atoms with Gasteiger partial charge in [-0.1, -0.05) is 30.4 Å². The first-order valence-corrected chi connectivity index (χ1v) is 9.01. The predicted octanol–water partition coefficient (Wildman–Crippen LogP) is 3.83. The summed E-state index contributed by atoms with van der Waals surface area (Å²) in [5, 5.41) is 0. The first-order valence-electron chi connectivity index (χ1n) is 9.01. The number of carbonyl (C=O) groups is 1. The Kier molecular flexibility index (Phi) is 6.09. The van der Waals surface area contributed by atoms with Crippen LogP contribution in [0.1, 0.15) is 23.1 Å². The molecule has 2 aromatic carbocycles. The van der Waals surface area contributed by atoms with E-state index >= 15 is 0 Å². The van der Waals surface area contributed by atoms with E-state index in [1.54, 1.807) is 0 Å². The van der Waals surface area contributed by atoms with Gasteiger partial charge in [0.15, 0.2) is 11.5 Å². The molecule has 0 aromatic heterocycles. The van der Waals surface area contributed by atoms with Crippen molar-refractivity contribution in [2.24, 2.45) is 10.7 Å². The first-order chi connectivity index (χ1) is 14.3. The molecule has 0 aliphatic carbocycles. The van der Waals surface area contributed by atoms with E-state index in [-0.39, 0.29) is 23.7 Å². The molecule has 9 heteroatoms. The van der Waals surface area contributed by atoms with Crippen molar-refractivity contribution in [3.63, 3.8) is 0 Å². The van der Waals surface area contributed by atoms with Crippen LogP contribution in [0, 0.1) is 5.82 Å². The number of allylic oxidation sites excluding steroid dienone is 1. The minimum absolute atomic E-state index is 0.0493. The maximum absolute atomic E-state index is 14.2. The molecule has 0 radical (unpaired) electrons. The van der Waals surface area contributed by atoms with Gasteiger partial charge in [0.2, 0.25) is 0 Å². The molecule has 0 unspecified atom stereocenters. The van der Waals surface area contributed by atoms with Crippen LogP contribution in [0.4, 0.5) is 17.6 Å². The predicted molar refractivity (Wildman–Crippen MR) is 104 cm³/mol. The Bertz CT molecular complexity index is 992. The smallest absolute Gasteiger partial charge is 0.387 e. The van der Waals surface area contributed by atoms with Gasteiger partial charge in [0.05, 0.1) is 6.67 Å². The summed E-state index contributed by atoms with van der Waals surface area (Å²) in [6.07, 6.45) is 3.01. The van der Waals surface area contributed by atoms with E-state index < -0.39 is 30.5 Å². The number of likely N-dealkylation sites (N-methyl/N-ethyl adjacent to an activating group) is 1. The van der Waals surface area contributed by atoms with Crippen molar-refractivity contribution in [3.8, 4) is 5.75 Å². The number of hydrogen-bond acceptors (Lipinski definition) is 4. The fourth-order valence-corrected chi connectivity index (χ4v) is 3.23. The Balaban J connectivity index is 2.14. The third-order valence-corrected chi connectivity index (χ3v) is 4.72. The number of nitrogens with two attached hydrogens (primary N) is 1. The van der Waals surface area contributed by atoms with Gasteiger partial charge in [-0.05, 0) is 41.8 Å². The molecular formula is C21H19F4N3O2. The van der Waals surface area contributed by atoms with Crippen molar-refractivity contribution < 1.29 is 27.1 Å². The summed E-state index contributed by atoms with van der Waals surface area (Å²) in [6, 6.07) is 9.43. The van der Waals surface area contributed by atoms with Gasteiger partial charge < -0.3 is 10.5 Å². The minimum atomic E-state index is -2.99. The highest BCUT2D eigenvalue weighted by atomic mass is 19.3. The third-order valence-electron chi connectivity index (χ3n) is 4.72. The fraction of sp³-hybridized carbons (Fsp3) is 0.238. The molecule has 0 saturated heterocycles. The molecule has 1 aliphatic rings. The zero-order valence-corrected chi connectivity index (χ0v) is 16.0. The zero-order valence-electron chi connectivity index (χ0n) is 16.0. The van der Waals surface area contributed by atoms with E-state index in [9.17, 15) is 22.4 Å². The lowest BCUT2D eigenvalue weighted by molar-refractivity contribution is -0.129. The summed E-state index contributed by atoms with van der Waals surface area (Å²) in [7, 11) is 1.45. The van der Waals surface area contributed by atoms with E-state index in [4.69, 9.17) is 5.73 Å². The van der Waals surface area contributed by atoms with E-state index in [2.05, 4.69) is 9.73 Å². The van der Waals surface area contributed by atoms with Crippen LogP contribution < -0.4 is 10.5 Å². The Morgan fingerprint density at radius 3 is 2.43 bits per heavy atom. The zero-order chi connectivity index (χ0) is 21.9. The maximum atomic E-state index is 14.2. The number of aliphatic imine (C=N–C) groups is 1. The molecule has 0 spiro atoms. The molecule has 2 aromatic rings. The van der Waals surface area contributed by atoms with Crippen molar-refractivity contribution in [1.29, 1.82) is 0 Å². The quantitative estimate of drug-likeness (QED) is 0.691. The van der Waals surface area contributed by atoms with Crippen LogP contribution in [0.2, 0.25) is 0 Å². The standard InChI is InChI=1S/C21H19F4N3O2/c1-28-18(29)21(27-20(28)26,14-5-8-16(9-6-14)30-19(24)25)15-7-10-17(23)13(12-15)4-2-3-11-22/h2,4-10,12,19H,3,11H2,1H3,(H2,26,27)/t21-/m0/s1. The molecule has 1 heterocycles. The highest BCUT2D eigenvalue weighted by Gasteiger charge is 2.49. The number of halogens is 4. The average molecular weight is 421 g/mol. The fourth-order valence-electron chi connectivity index (χ4n) is 3.23. The van der Waals surface area contributed by atoms with E-state index in [1.807, 2.05) is 0 Å². The van der Waals surface area contributed by atoms with Crippen LogP contribution >= 0.6 is 0 Å². The van der Waals surface area contributed by atoms with Gasteiger partial charge in [-0.3, -0.25) is 14.1 Å². The van der Waals surface area contributed by atoms with Crippen LogP contribution in [-0.2, 0) is 10.3 Å². The van der Waals surface area contributed by atoms with Crippen molar-refractivity contribution >= 4 is 17.9 Å². The Hall–Kier alpha value is -3.36. The van der Waals surface area contributed by atoms with Crippen molar-refractivity contribution in [2.45, 2.75) is 18.6 Å². The van der Waals surface area contributed by atoms with Crippen molar-refractivity contribution in [2.75, 3.05) is 13.7 Å². The highest BCUT2D eigenvalue weighted by molar-refractivity contribution is 6.09. The topological polar surface area (TPSA) is 67.9 Å². The Morgan fingerprint density at radius 2 is 1.87 bits per heavy atom. The van der Waals surface area contributed by atoms with Gasteiger partial charge in [0.25, 0.3) is 5.91 Å². The Labute approximate surface area is 170 Å². The normalized spacial score (nSPS) is 19.1. The minimum Gasteiger partial charge on any atom is -0.435 e. The molecular weight excluding hydrogens is 402 g/mol. The molecule has 3 rings (SSSR count). The van der Waals surface area contributed by atoms with Crippen LogP contribution in [0.3, 0.4) is 0 Å². The molecule has 1 amide bonds. The number of ether oxygens (including phenoxy) is 1. The van der Waals surface area contributed by atoms with Crippen LogP contribution in [-0.4, -0.2) is 37.1 Å². The molecule has 0 fully saturated rings. The summed E-state index contributed by atoms with van der Waals surface area (Å²) in [5.74, 6) is -1.19. The molecule has 0 saturated carbocycles. The summed E-state index contributed by atoms with van der Waals surface area (Å²) in [4.78, 5) is 18.7. The summed E-state index contributed by atoms with van der Waals surface area (Å²) in [6.45, 7) is -3.58. The largest absolute Gasteiger partial charge is 0.435 e. The van der Waals surface area contributed by atoms with Gasteiger partial charge >= 0.3 is 6.61 Å². The molecule has 1 aliphatic heterocycles. The lowest BCUT2D eigenvalue weighted by Crippen LogP contribution is -2.41. The second-order valence-corrected chi connectivity index (χ2v) is 6.56. The number of carbonyl (C=O) groups excluding carboxylic acids is 1. The number of alkyl halides is 3. The van der Waals surface area contributed by atoms with Crippen LogP contribution in [0.15, 0.2) is 53.5 Å². The number of benzene rings is 2. The summed E-state index contributed by atoms with van der Waals surface area (Å²) < 4.78 is 55.9. The molecule has 30 heavy (non-hydrogen) atoms. The maximum Gasteiger partial charge on any atom is 0.387 e. The molecule has 5 nitrogen and oxygen atoms in total. The van der Waals surface area contributed by atoms with E-state index in [0.29, 0.717) is 11.1 Å².